The zero-order valence-electron chi connectivity index (χ0n) is 7.13. The Bertz CT molecular complexity index is 191. The highest BCUT2D eigenvalue weighted by atomic mass is 16.5. The maximum absolute atomic E-state index is 11.0. The van der Waals surface area contributed by atoms with Crippen LogP contribution in [0, 0.1) is 0 Å². The van der Waals surface area contributed by atoms with Crippen LogP contribution in [0.15, 0.2) is 0 Å². The van der Waals surface area contributed by atoms with E-state index < -0.39 is 6.04 Å². The first-order valence-corrected chi connectivity index (χ1v) is 4.20. The lowest BCUT2D eigenvalue weighted by molar-refractivity contribution is -0.141. The first kappa shape index (κ1) is 9.03. The van der Waals surface area contributed by atoms with Crippen molar-refractivity contribution < 1.29 is 14.3 Å². The molecule has 1 heterocycles. The van der Waals surface area contributed by atoms with Gasteiger partial charge in [-0.25, -0.2) is 4.79 Å². The van der Waals surface area contributed by atoms with Crippen molar-refractivity contribution in [3.05, 3.63) is 0 Å². The summed E-state index contributed by atoms with van der Waals surface area (Å²) in [4.78, 5) is 21.9. The molecule has 0 aromatic carbocycles. The fourth-order valence-electron chi connectivity index (χ4n) is 1.12. The minimum Gasteiger partial charge on any atom is -0.464 e. The first-order chi connectivity index (χ1) is 5.74. The van der Waals surface area contributed by atoms with Crippen LogP contribution in [0.2, 0.25) is 0 Å². The molecule has 1 amide bonds. The van der Waals surface area contributed by atoms with Gasteiger partial charge in [-0.3, -0.25) is 4.79 Å². The second-order valence-corrected chi connectivity index (χ2v) is 2.83. The van der Waals surface area contributed by atoms with Crippen molar-refractivity contribution in [2.75, 3.05) is 6.61 Å². The normalized spacial score (nSPS) is 22.1. The van der Waals surface area contributed by atoms with Crippen LogP contribution in [0.25, 0.3) is 0 Å². The van der Waals surface area contributed by atoms with E-state index in [0.717, 1.165) is 6.42 Å². The van der Waals surface area contributed by atoms with Crippen molar-refractivity contribution in [1.82, 2.24) is 5.32 Å². The summed E-state index contributed by atoms with van der Waals surface area (Å²) < 4.78 is 4.69. The second-order valence-electron chi connectivity index (χ2n) is 2.83. The molecule has 0 bridgehead atoms. The van der Waals surface area contributed by atoms with E-state index >= 15 is 0 Å². The van der Waals surface area contributed by atoms with Gasteiger partial charge in [-0.2, -0.15) is 0 Å². The summed E-state index contributed by atoms with van der Waals surface area (Å²) >= 11 is 0. The van der Waals surface area contributed by atoms with Gasteiger partial charge in [0.25, 0.3) is 0 Å². The minimum atomic E-state index is -0.399. The van der Waals surface area contributed by atoms with Gasteiger partial charge in [0.15, 0.2) is 0 Å². The molecule has 0 saturated carbocycles. The Kier molecular flexibility index (Phi) is 3.08. The van der Waals surface area contributed by atoms with Gasteiger partial charge in [0.1, 0.15) is 6.04 Å². The van der Waals surface area contributed by atoms with Gasteiger partial charge in [0.05, 0.1) is 6.61 Å². The number of hydrogen-bond acceptors (Lipinski definition) is 3. The molecule has 0 radical (unpaired) electrons. The summed E-state index contributed by atoms with van der Waals surface area (Å²) in [7, 11) is 0. The molecule has 1 N–H and O–H groups in total. The third-order valence-electron chi connectivity index (χ3n) is 1.75. The van der Waals surface area contributed by atoms with Crippen molar-refractivity contribution in [1.29, 1.82) is 0 Å². The number of hydrogen-bond donors (Lipinski definition) is 1. The van der Waals surface area contributed by atoms with Gasteiger partial charge >= 0.3 is 5.97 Å². The fourth-order valence-corrected chi connectivity index (χ4v) is 1.12. The third kappa shape index (κ3) is 2.22. The van der Waals surface area contributed by atoms with E-state index in [4.69, 9.17) is 4.74 Å². The lowest BCUT2D eigenvalue weighted by Crippen LogP contribution is -2.37. The molecule has 0 aromatic rings. The molecule has 1 aliphatic rings. The molecule has 1 aliphatic heterocycles. The van der Waals surface area contributed by atoms with E-state index in [1.54, 1.807) is 0 Å². The third-order valence-corrected chi connectivity index (χ3v) is 1.75. The quantitative estimate of drug-likeness (QED) is 0.618. The zero-order chi connectivity index (χ0) is 8.97. The summed E-state index contributed by atoms with van der Waals surface area (Å²) in [6.45, 7) is 2.35. The Labute approximate surface area is 71.3 Å². The highest BCUT2D eigenvalue weighted by Crippen LogP contribution is 2.05. The SMILES string of the molecule is CCCC(=O)N[C@@H]1CCOC1=O. The Morgan fingerprint density at radius 1 is 1.75 bits per heavy atom. The Morgan fingerprint density at radius 2 is 2.50 bits per heavy atom. The molecule has 1 fully saturated rings. The molecule has 1 atom stereocenters. The molecule has 0 unspecified atom stereocenters. The largest absolute Gasteiger partial charge is 0.464 e. The minimum absolute atomic E-state index is 0.0682. The molecular formula is C8H13NO3. The zero-order valence-corrected chi connectivity index (χ0v) is 7.13. The average molecular weight is 171 g/mol. The smallest absolute Gasteiger partial charge is 0.328 e. The number of carbonyl (C=O) groups is 2. The predicted octanol–water partition coefficient (Wildman–Crippen LogP) is 0.218. The monoisotopic (exact) mass is 171 g/mol. The molecule has 0 aromatic heterocycles. The number of nitrogens with one attached hydrogen (secondary N) is 1. The number of ether oxygens (including phenoxy) is 1. The van der Waals surface area contributed by atoms with Crippen molar-refractivity contribution in [2.24, 2.45) is 0 Å². The summed E-state index contributed by atoms with van der Waals surface area (Å²) in [6.07, 6.45) is 1.88. The predicted molar refractivity (Wildman–Crippen MR) is 42.4 cm³/mol. The van der Waals surface area contributed by atoms with E-state index in [0.29, 0.717) is 19.4 Å². The summed E-state index contributed by atoms with van der Waals surface area (Å²) in [5.41, 5.74) is 0. The number of cyclic esters (lactones) is 1. The number of amides is 1. The molecule has 68 valence electrons. The van der Waals surface area contributed by atoms with E-state index in [1.165, 1.54) is 0 Å². The van der Waals surface area contributed by atoms with Gasteiger partial charge in [-0.05, 0) is 6.42 Å². The van der Waals surface area contributed by atoms with Crippen molar-refractivity contribution >= 4 is 11.9 Å². The van der Waals surface area contributed by atoms with Crippen LogP contribution >= 0.6 is 0 Å². The maximum Gasteiger partial charge on any atom is 0.328 e. The summed E-state index contributed by atoms with van der Waals surface area (Å²) in [6, 6.07) is -0.399. The maximum atomic E-state index is 11.0. The molecule has 0 spiro atoms. The van der Waals surface area contributed by atoms with Crippen LogP contribution in [0.1, 0.15) is 26.2 Å². The van der Waals surface area contributed by atoms with Crippen molar-refractivity contribution in [3.63, 3.8) is 0 Å². The van der Waals surface area contributed by atoms with E-state index in [1.807, 2.05) is 6.92 Å². The Hall–Kier alpha value is -1.06. The summed E-state index contributed by atoms with van der Waals surface area (Å²) in [5.74, 6) is -0.374. The van der Waals surface area contributed by atoms with Crippen molar-refractivity contribution in [2.45, 2.75) is 32.2 Å². The topological polar surface area (TPSA) is 55.4 Å². The average Bonchev–Trinajstić information content (AvgIpc) is 2.37. The molecule has 12 heavy (non-hydrogen) atoms. The Morgan fingerprint density at radius 3 is 3.00 bits per heavy atom. The fraction of sp³-hybridized carbons (Fsp3) is 0.750. The first-order valence-electron chi connectivity index (χ1n) is 4.20. The van der Waals surface area contributed by atoms with Gasteiger partial charge in [-0.15, -0.1) is 0 Å². The van der Waals surface area contributed by atoms with Gasteiger partial charge in [-0.1, -0.05) is 6.92 Å². The molecular weight excluding hydrogens is 158 g/mol. The van der Waals surface area contributed by atoms with Gasteiger partial charge < -0.3 is 10.1 Å². The van der Waals surface area contributed by atoms with Crippen LogP contribution < -0.4 is 5.32 Å². The number of esters is 1. The van der Waals surface area contributed by atoms with E-state index in [9.17, 15) is 9.59 Å². The molecule has 4 nitrogen and oxygen atoms in total. The van der Waals surface area contributed by atoms with E-state index in [2.05, 4.69) is 5.32 Å². The van der Waals surface area contributed by atoms with E-state index in [-0.39, 0.29) is 11.9 Å². The standard InChI is InChI=1S/C8H13NO3/c1-2-3-7(10)9-6-4-5-12-8(6)11/h6H,2-5H2,1H3,(H,9,10)/t6-/m1/s1. The van der Waals surface area contributed by atoms with Gasteiger partial charge in [0.2, 0.25) is 5.91 Å². The lowest BCUT2D eigenvalue weighted by atomic mass is 10.2. The van der Waals surface area contributed by atoms with Gasteiger partial charge in [0, 0.05) is 12.8 Å². The van der Waals surface area contributed by atoms with Crippen LogP contribution in [0.4, 0.5) is 0 Å². The molecule has 1 rings (SSSR count). The van der Waals surface area contributed by atoms with Crippen LogP contribution in [0.5, 0.6) is 0 Å². The summed E-state index contributed by atoms with van der Waals surface area (Å²) in [5, 5.41) is 2.62. The molecule has 1 saturated heterocycles. The second kappa shape index (κ2) is 4.09. The molecule has 4 heteroatoms. The van der Waals surface area contributed by atoms with Crippen LogP contribution in [0.3, 0.4) is 0 Å². The lowest BCUT2D eigenvalue weighted by Gasteiger charge is -2.07. The Balaban J connectivity index is 2.30. The highest BCUT2D eigenvalue weighted by molar-refractivity contribution is 5.85. The number of carbonyl (C=O) groups excluding carboxylic acids is 2. The van der Waals surface area contributed by atoms with Crippen LogP contribution in [-0.2, 0) is 14.3 Å². The number of rotatable bonds is 3. The molecule has 0 aliphatic carbocycles. The highest BCUT2D eigenvalue weighted by Gasteiger charge is 2.27. The van der Waals surface area contributed by atoms with Crippen LogP contribution in [-0.4, -0.2) is 24.5 Å². The van der Waals surface area contributed by atoms with Crippen molar-refractivity contribution in [3.8, 4) is 0 Å².